The molecule has 338 valence electrons. The molecule has 0 aromatic carbocycles. The van der Waals surface area contributed by atoms with Crippen molar-refractivity contribution in [3.63, 3.8) is 0 Å². The van der Waals surface area contributed by atoms with Gasteiger partial charge in [-0.2, -0.15) is 0 Å². The van der Waals surface area contributed by atoms with Gasteiger partial charge in [0.25, 0.3) is 0 Å². The minimum absolute atomic E-state index is 0.0102. The maximum absolute atomic E-state index is 12.9. The monoisotopic (exact) mass is 808 g/mol. The Kier molecular flexibility index (Phi) is 36.8. The highest BCUT2D eigenvalue weighted by atomic mass is 16.7. The van der Waals surface area contributed by atoms with Crippen molar-refractivity contribution < 1.29 is 28.5 Å². The third kappa shape index (κ3) is 33.3. The largest absolute Gasteiger partial charge is 0.466 e. The van der Waals surface area contributed by atoms with Crippen LogP contribution in [0.5, 0.6) is 0 Å². The average molecular weight is 808 g/mol. The highest BCUT2D eigenvalue weighted by molar-refractivity contribution is 5.69. The van der Waals surface area contributed by atoms with E-state index < -0.39 is 5.79 Å². The van der Waals surface area contributed by atoms with Gasteiger partial charge >= 0.3 is 11.9 Å². The third-order valence-electron chi connectivity index (χ3n) is 12.0. The summed E-state index contributed by atoms with van der Waals surface area (Å²) in [4.78, 5) is 27.4. The Morgan fingerprint density at radius 2 is 1.00 bits per heavy atom. The van der Waals surface area contributed by atoms with Crippen molar-refractivity contribution in [2.45, 2.75) is 276 Å². The zero-order chi connectivity index (χ0) is 41.5. The minimum atomic E-state index is -0.496. The van der Waals surface area contributed by atoms with Crippen LogP contribution in [0.1, 0.15) is 258 Å². The highest BCUT2D eigenvalue weighted by Crippen LogP contribution is 2.36. The number of esters is 2. The smallest absolute Gasteiger partial charge is 0.306 e. The molecule has 1 aliphatic heterocycles. The van der Waals surface area contributed by atoms with Gasteiger partial charge in [-0.15, -0.1) is 0 Å². The summed E-state index contributed by atoms with van der Waals surface area (Å²) in [5.41, 5.74) is 0. The molecule has 0 saturated carbocycles. The van der Waals surface area contributed by atoms with Crippen LogP contribution in [-0.2, 0) is 28.5 Å². The molecule has 0 spiro atoms. The number of carbonyl (C=O) groups is 2. The van der Waals surface area contributed by atoms with Gasteiger partial charge in [0.15, 0.2) is 5.79 Å². The molecule has 1 rings (SSSR count). The van der Waals surface area contributed by atoms with Crippen LogP contribution in [0.4, 0.5) is 0 Å². The Balaban J connectivity index is 2.36. The van der Waals surface area contributed by atoms with Gasteiger partial charge in [-0.3, -0.25) is 9.59 Å². The first-order chi connectivity index (χ1) is 27.8. The van der Waals surface area contributed by atoms with E-state index in [0.29, 0.717) is 26.1 Å². The molecule has 1 saturated heterocycles. The molecule has 0 N–H and O–H groups in total. The zero-order valence-electron chi connectivity index (χ0n) is 38.8. The molecule has 1 aliphatic rings. The number of rotatable bonds is 43. The summed E-state index contributed by atoms with van der Waals surface area (Å²) in [6, 6.07) is 0. The lowest BCUT2D eigenvalue weighted by atomic mass is 9.99. The normalized spacial score (nSPS) is 16.9. The summed E-state index contributed by atoms with van der Waals surface area (Å²) in [6.07, 6.45) is 42.2. The van der Waals surface area contributed by atoms with Crippen molar-refractivity contribution in [3.05, 3.63) is 0 Å². The average Bonchev–Trinajstić information content (AvgIpc) is 3.59. The number of ether oxygens (including phenoxy) is 4. The summed E-state index contributed by atoms with van der Waals surface area (Å²) in [5.74, 6) is -0.534. The molecule has 0 amide bonds. The second kappa shape index (κ2) is 39.0. The minimum Gasteiger partial charge on any atom is -0.466 e. The Labute approximate surface area is 354 Å². The van der Waals surface area contributed by atoms with Gasteiger partial charge < -0.3 is 23.8 Å². The zero-order valence-corrected chi connectivity index (χ0v) is 38.8. The molecule has 0 aromatic heterocycles. The maximum Gasteiger partial charge on any atom is 0.306 e. The molecule has 1 heterocycles. The number of hydrogen-bond acceptors (Lipinski definition) is 7. The Bertz CT molecular complexity index is 882. The van der Waals surface area contributed by atoms with E-state index in [9.17, 15) is 9.59 Å². The Morgan fingerprint density at radius 3 is 1.53 bits per heavy atom. The molecule has 0 radical (unpaired) electrons. The van der Waals surface area contributed by atoms with Crippen LogP contribution >= 0.6 is 0 Å². The summed E-state index contributed by atoms with van der Waals surface area (Å²) >= 11 is 0. The van der Waals surface area contributed by atoms with Crippen LogP contribution in [0, 0.1) is 0 Å². The molecule has 0 bridgehead atoms. The SMILES string of the molecule is CCCCCCCCCCCOC(=O)CCCCCC1(CCCCCCCC(=O)OC(CCCCCCCC)CCCCCCCC)OC[C@@H](CCCN(C)C)O1. The van der Waals surface area contributed by atoms with Gasteiger partial charge in [0, 0.05) is 25.7 Å². The lowest BCUT2D eigenvalue weighted by molar-refractivity contribution is -0.180. The van der Waals surface area contributed by atoms with Crippen LogP contribution < -0.4 is 0 Å². The van der Waals surface area contributed by atoms with Gasteiger partial charge in [-0.25, -0.2) is 0 Å². The standard InChI is InChI=1S/C50H97NO6/c1-6-9-12-15-18-19-20-26-34-44-54-48(52)39-31-27-33-42-50(55-45-47(57-50)38-35-43-51(4)5)41-32-25-21-24-30-40-49(53)56-46(36-28-22-16-13-10-7-2)37-29-23-17-14-11-8-3/h46-47H,6-45H2,1-5H3/t47-,50?/m1/s1. The molecule has 2 atom stereocenters. The van der Waals surface area contributed by atoms with E-state index >= 15 is 0 Å². The molecular weight excluding hydrogens is 711 g/mol. The van der Waals surface area contributed by atoms with Crippen molar-refractivity contribution in [1.82, 2.24) is 4.90 Å². The molecule has 7 nitrogen and oxygen atoms in total. The van der Waals surface area contributed by atoms with E-state index in [4.69, 9.17) is 18.9 Å². The fourth-order valence-corrected chi connectivity index (χ4v) is 8.30. The van der Waals surface area contributed by atoms with Crippen molar-refractivity contribution in [2.75, 3.05) is 33.9 Å². The second-order valence-corrected chi connectivity index (χ2v) is 18.0. The van der Waals surface area contributed by atoms with E-state index in [1.54, 1.807) is 0 Å². The highest BCUT2D eigenvalue weighted by Gasteiger charge is 2.40. The van der Waals surface area contributed by atoms with E-state index in [0.717, 1.165) is 109 Å². The number of hydrogen-bond donors (Lipinski definition) is 0. The third-order valence-corrected chi connectivity index (χ3v) is 12.0. The fourth-order valence-electron chi connectivity index (χ4n) is 8.30. The Hall–Kier alpha value is -1.18. The van der Waals surface area contributed by atoms with Gasteiger partial charge in [-0.05, 0) is 91.3 Å². The molecular formula is C50H97NO6. The summed E-state index contributed by atoms with van der Waals surface area (Å²) in [5, 5.41) is 0. The van der Waals surface area contributed by atoms with Gasteiger partial charge in [0.1, 0.15) is 6.10 Å². The van der Waals surface area contributed by atoms with Crippen LogP contribution in [0.15, 0.2) is 0 Å². The summed E-state index contributed by atoms with van der Waals surface area (Å²) in [6.45, 7) is 9.10. The van der Waals surface area contributed by atoms with Crippen molar-refractivity contribution in [2.24, 2.45) is 0 Å². The number of carbonyl (C=O) groups excluding carboxylic acids is 2. The van der Waals surface area contributed by atoms with E-state index in [1.807, 2.05) is 0 Å². The molecule has 1 unspecified atom stereocenters. The predicted octanol–water partition coefficient (Wildman–Crippen LogP) is 14.6. The van der Waals surface area contributed by atoms with Crippen LogP contribution in [0.3, 0.4) is 0 Å². The van der Waals surface area contributed by atoms with E-state index in [-0.39, 0.29) is 24.1 Å². The molecule has 7 heteroatoms. The summed E-state index contributed by atoms with van der Waals surface area (Å²) < 4.78 is 24.8. The first-order valence-corrected chi connectivity index (χ1v) is 25.2. The number of nitrogens with zero attached hydrogens (tertiary/aromatic N) is 1. The van der Waals surface area contributed by atoms with Gasteiger partial charge in [-0.1, -0.05) is 162 Å². The lowest BCUT2D eigenvalue weighted by Crippen LogP contribution is -2.31. The second-order valence-electron chi connectivity index (χ2n) is 18.0. The number of unbranched alkanes of at least 4 members (excludes halogenated alkanes) is 24. The molecule has 1 fully saturated rings. The van der Waals surface area contributed by atoms with Crippen LogP contribution in [0.25, 0.3) is 0 Å². The lowest BCUT2D eigenvalue weighted by Gasteiger charge is -2.28. The quantitative estimate of drug-likeness (QED) is 0.0449. The maximum atomic E-state index is 12.9. The van der Waals surface area contributed by atoms with Crippen LogP contribution in [-0.4, -0.2) is 68.7 Å². The van der Waals surface area contributed by atoms with Gasteiger partial charge in [0.05, 0.1) is 19.3 Å². The Morgan fingerprint density at radius 1 is 0.561 bits per heavy atom. The molecule has 57 heavy (non-hydrogen) atoms. The molecule has 0 aromatic rings. The van der Waals surface area contributed by atoms with E-state index in [2.05, 4.69) is 39.8 Å². The summed E-state index contributed by atoms with van der Waals surface area (Å²) in [7, 11) is 4.25. The topological polar surface area (TPSA) is 74.3 Å². The van der Waals surface area contributed by atoms with Crippen molar-refractivity contribution >= 4 is 11.9 Å². The van der Waals surface area contributed by atoms with Crippen LogP contribution in [0.2, 0.25) is 0 Å². The van der Waals surface area contributed by atoms with Gasteiger partial charge in [0.2, 0.25) is 0 Å². The van der Waals surface area contributed by atoms with E-state index in [1.165, 1.54) is 122 Å². The van der Waals surface area contributed by atoms with Crippen molar-refractivity contribution in [1.29, 1.82) is 0 Å². The first-order valence-electron chi connectivity index (χ1n) is 25.2. The predicted molar refractivity (Wildman–Crippen MR) is 241 cm³/mol. The molecule has 0 aliphatic carbocycles. The first kappa shape index (κ1) is 53.8. The fraction of sp³-hybridized carbons (Fsp3) is 0.960. The van der Waals surface area contributed by atoms with Crippen molar-refractivity contribution in [3.8, 4) is 0 Å².